The van der Waals surface area contributed by atoms with Crippen molar-refractivity contribution >= 4 is 23.4 Å². The van der Waals surface area contributed by atoms with Crippen LogP contribution in [0.2, 0.25) is 0 Å². The molecular formula is C24H24N2O3. The average molecular weight is 388 g/mol. The van der Waals surface area contributed by atoms with Crippen molar-refractivity contribution < 1.29 is 14.3 Å². The first-order valence-electron chi connectivity index (χ1n) is 9.46. The molecule has 0 unspecified atom stereocenters. The molecule has 5 heteroatoms. The molecule has 0 saturated carbocycles. The van der Waals surface area contributed by atoms with E-state index in [0.717, 1.165) is 16.8 Å². The molecule has 148 valence electrons. The number of carbonyl (C=O) groups is 1. The Labute approximate surface area is 171 Å². The third kappa shape index (κ3) is 4.33. The van der Waals surface area contributed by atoms with E-state index >= 15 is 0 Å². The molecule has 29 heavy (non-hydrogen) atoms. The van der Waals surface area contributed by atoms with Crippen LogP contribution in [0, 0.1) is 26.2 Å². The minimum Gasteiger partial charge on any atom is -0.490 e. The zero-order valence-electron chi connectivity index (χ0n) is 17.2. The molecule has 2 aromatic rings. The number of hydrogen-bond acceptors (Lipinski definition) is 4. The number of nitrogens with zero attached hydrogens (tertiary/aromatic N) is 2. The van der Waals surface area contributed by atoms with Gasteiger partial charge in [0.1, 0.15) is 6.61 Å². The minimum atomic E-state index is -0.156. The van der Waals surface area contributed by atoms with Crippen molar-refractivity contribution in [2.24, 2.45) is 5.10 Å². The van der Waals surface area contributed by atoms with Crippen LogP contribution in [0.1, 0.15) is 30.5 Å². The second kappa shape index (κ2) is 8.66. The molecule has 2 aromatic carbocycles. The van der Waals surface area contributed by atoms with Crippen LogP contribution < -0.4 is 14.5 Å². The Hall–Kier alpha value is -3.52. The van der Waals surface area contributed by atoms with E-state index in [-0.39, 0.29) is 12.5 Å². The van der Waals surface area contributed by atoms with E-state index in [1.165, 1.54) is 10.6 Å². The standard InChI is InChI=1S/C24H24N2O3/c1-6-12-29-22-11-9-19(15-23(22)28-7-2)14-21-18(5)25-26(24(21)27)20-10-8-16(3)17(4)13-20/h1,8-11,13-15H,7,12H2,2-5H3/b21-14+. The summed E-state index contributed by atoms with van der Waals surface area (Å²) in [6.45, 7) is 8.44. The Morgan fingerprint density at radius 3 is 2.55 bits per heavy atom. The van der Waals surface area contributed by atoms with Gasteiger partial charge in [0.2, 0.25) is 0 Å². The summed E-state index contributed by atoms with van der Waals surface area (Å²) in [5, 5.41) is 5.90. The van der Waals surface area contributed by atoms with Crippen LogP contribution in [0.15, 0.2) is 47.1 Å². The van der Waals surface area contributed by atoms with Crippen LogP contribution in [-0.4, -0.2) is 24.8 Å². The summed E-state index contributed by atoms with van der Waals surface area (Å²) in [5.74, 6) is 3.45. The number of anilines is 1. The molecule has 0 bridgehead atoms. The summed E-state index contributed by atoms with van der Waals surface area (Å²) in [4.78, 5) is 13.0. The van der Waals surface area contributed by atoms with Crippen molar-refractivity contribution in [1.29, 1.82) is 0 Å². The predicted octanol–water partition coefficient (Wildman–Crippen LogP) is 4.52. The number of benzene rings is 2. The van der Waals surface area contributed by atoms with Crippen molar-refractivity contribution in [3.05, 3.63) is 58.7 Å². The molecule has 1 aliphatic heterocycles. The van der Waals surface area contributed by atoms with Crippen molar-refractivity contribution in [3.63, 3.8) is 0 Å². The molecule has 1 heterocycles. The van der Waals surface area contributed by atoms with Crippen LogP contribution in [0.3, 0.4) is 0 Å². The number of hydrazone groups is 1. The van der Waals surface area contributed by atoms with E-state index in [9.17, 15) is 4.79 Å². The van der Waals surface area contributed by atoms with Gasteiger partial charge in [0.05, 0.1) is 23.6 Å². The molecule has 5 nitrogen and oxygen atoms in total. The number of aryl methyl sites for hydroxylation is 2. The molecule has 0 radical (unpaired) electrons. The summed E-state index contributed by atoms with van der Waals surface area (Å²) < 4.78 is 11.2. The second-order valence-electron chi connectivity index (χ2n) is 6.76. The molecule has 0 aromatic heterocycles. The van der Waals surface area contributed by atoms with Crippen LogP contribution in [0.4, 0.5) is 5.69 Å². The maximum Gasteiger partial charge on any atom is 0.280 e. The smallest absolute Gasteiger partial charge is 0.280 e. The summed E-state index contributed by atoms with van der Waals surface area (Å²) in [7, 11) is 0. The van der Waals surface area contributed by atoms with Gasteiger partial charge in [-0.3, -0.25) is 4.79 Å². The maximum absolute atomic E-state index is 13.0. The number of hydrogen-bond donors (Lipinski definition) is 0. The molecule has 0 atom stereocenters. The van der Waals surface area contributed by atoms with Crippen LogP contribution in [-0.2, 0) is 4.79 Å². The van der Waals surface area contributed by atoms with Gasteiger partial charge in [-0.25, -0.2) is 0 Å². The third-order valence-electron chi connectivity index (χ3n) is 4.69. The quantitative estimate of drug-likeness (QED) is 0.540. The molecule has 0 fully saturated rings. The largest absolute Gasteiger partial charge is 0.490 e. The molecule has 0 aliphatic carbocycles. The summed E-state index contributed by atoms with van der Waals surface area (Å²) in [6, 6.07) is 11.4. The van der Waals surface area contributed by atoms with Gasteiger partial charge < -0.3 is 9.47 Å². The molecule has 0 saturated heterocycles. The summed E-state index contributed by atoms with van der Waals surface area (Å²) in [6.07, 6.45) is 7.08. The van der Waals surface area contributed by atoms with Gasteiger partial charge in [-0.2, -0.15) is 10.1 Å². The van der Waals surface area contributed by atoms with Crippen molar-refractivity contribution in [2.75, 3.05) is 18.2 Å². The SMILES string of the molecule is C#CCOc1ccc(/C=C2/C(=O)N(c3ccc(C)c(C)c3)N=C2C)cc1OCC. The Balaban J connectivity index is 1.91. The highest BCUT2D eigenvalue weighted by Gasteiger charge is 2.28. The Kier molecular flexibility index (Phi) is 6.04. The zero-order valence-corrected chi connectivity index (χ0v) is 17.2. The fraction of sp³-hybridized carbons (Fsp3) is 0.250. The molecule has 0 N–H and O–H groups in total. The van der Waals surface area contributed by atoms with E-state index in [2.05, 4.69) is 11.0 Å². The molecular weight excluding hydrogens is 364 g/mol. The van der Waals surface area contributed by atoms with Gasteiger partial charge in [-0.1, -0.05) is 18.1 Å². The number of amides is 1. The lowest BCUT2D eigenvalue weighted by Gasteiger charge is -2.13. The topological polar surface area (TPSA) is 51.1 Å². The lowest BCUT2D eigenvalue weighted by molar-refractivity contribution is -0.114. The van der Waals surface area contributed by atoms with Gasteiger partial charge in [-0.15, -0.1) is 6.42 Å². The Morgan fingerprint density at radius 2 is 1.86 bits per heavy atom. The van der Waals surface area contributed by atoms with E-state index in [1.807, 2.05) is 64.1 Å². The van der Waals surface area contributed by atoms with Gasteiger partial charge in [0.25, 0.3) is 5.91 Å². The predicted molar refractivity (Wildman–Crippen MR) is 116 cm³/mol. The first-order chi connectivity index (χ1) is 13.9. The van der Waals surface area contributed by atoms with Crippen molar-refractivity contribution in [1.82, 2.24) is 0 Å². The molecule has 1 aliphatic rings. The van der Waals surface area contributed by atoms with Gasteiger partial charge in [0, 0.05) is 0 Å². The van der Waals surface area contributed by atoms with Crippen molar-refractivity contribution in [2.45, 2.75) is 27.7 Å². The fourth-order valence-corrected chi connectivity index (χ4v) is 3.00. The van der Waals surface area contributed by atoms with Crippen LogP contribution >= 0.6 is 0 Å². The maximum atomic E-state index is 13.0. The Morgan fingerprint density at radius 1 is 1.07 bits per heavy atom. The van der Waals surface area contributed by atoms with Crippen LogP contribution in [0.25, 0.3) is 6.08 Å². The number of terminal acetylenes is 1. The van der Waals surface area contributed by atoms with Gasteiger partial charge >= 0.3 is 0 Å². The average Bonchev–Trinajstić information content (AvgIpc) is 2.98. The molecule has 0 spiro atoms. The number of rotatable bonds is 6. The van der Waals surface area contributed by atoms with Crippen molar-refractivity contribution in [3.8, 4) is 23.8 Å². The van der Waals surface area contributed by atoms with Gasteiger partial charge in [0.15, 0.2) is 11.5 Å². The normalized spacial score (nSPS) is 14.7. The highest BCUT2D eigenvalue weighted by Crippen LogP contribution is 2.31. The van der Waals surface area contributed by atoms with E-state index in [4.69, 9.17) is 15.9 Å². The molecule has 1 amide bonds. The van der Waals surface area contributed by atoms with Crippen LogP contribution in [0.5, 0.6) is 11.5 Å². The third-order valence-corrected chi connectivity index (χ3v) is 4.69. The van der Waals surface area contributed by atoms with Gasteiger partial charge in [-0.05, 0) is 74.7 Å². The van der Waals surface area contributed by atoms with E-state index in [1.54, 1.807) is 6.07 Å². The van der Waals surface area contributed by atoms with E-state index < -0.39 is 0 Å². The highest BCUT2D eigenvalue weighted by atomic mass is 16.5. The summed E-state index contributed by atoms with van der Waals surface area (Å²) >= 11 is 0. The lowest BCUT2D eigenvalue weighted by atomic mass is 10.1. The Bertz CT molecular complexity index is 1040. The first-order valence-corrected chi connectivity index (χ1v) is 9.46. The second-order valence-corrected chi connectivity index (χ2v) is 6.76. The molecule has 3 rings (SSSR count). The first kappa shape index (κ1) is 20.2. The zero-order chi connectivity index (χ0) is 21.0. The fourth-order valence-electron chi connectivity index (χ4n) is 3.00. The highest BCUT2D eigenvalue weighted by molar-refractivity contribution is 6.32. The monoisotopic (exact) mass is 388 g/mol. The minimum absolute atomic E-state index is 0.156. The van der Waals surface area contributed by atoms with E-state index in [0.29, 0.717) is 29.4 Å². The summed E-state index contributed by atoms with van der Waals surface area (Å²) in [5.41, 5.74) is 5.08. The number of ether oxygens (including phenoxy) is 2. The number of carbonyl (C=O) groups excluding carboxylic acids is 1. The lowest BCUT2D eigenvalue weighted by Crippen LogP contribution is -2.21.